The van der Waals surface area contributed by atoms with Crippen LogP contribution in [0, 0.1) is 0 Å². The van der Waals surface area contributed by atoms with Gasteiger partial charge in [0.1, 0.15) is 6.10 Å². The van der Waals surface area contributed by atoms with Gasteiger partial charge in [0.25, 0.3) is 0 Å². The molecule has 1 fully saturated rings. The molecule has 0 aromatic heterocycles. The predicted molar refractivity (Wildman–Crippen MR) is 100 cm³/mol. The number of ether oxygens (including phenoxy) is 2. The van der Waals surface area contributed by atoms with Crippen LogP contribution >= 0.6 is 0 Å². The third kappa shape index (κ3) is 4.55. The molecule has 0 bridgehead atoms. The van der Waals surface area contributed by atoms with Gasteiger partial charge in [-0.3, -0.25) is 0 Å². The van der Waals surface area contributed by atoms with E-state index in [-0.39, 0.29) is 11.7 Å². The molecule has 26 heavy (non-hydrogen) atoms. The summed E-state index contributed by atoms with van der Waals surface area (Å²) >= 11 is 0. The molecule has 5 heteroatoms. The Balaban J connectivity index is 1.79. The topological polar surface area (TPSA) is 59.0 Å². The van der Waals surface area contributed by atoms with Crippen LogP contribution in [0.3, 0.4) is 0 Å². The van der Waals surface area contributed by atoms with E-state index in [0.717, 1.165) is 31.6 Å². The van der Waals surface area contributed by atoms with Gasteiger partial charge in [0.2, 0.25) is 0 Å². The third-order valence-corrected chi connectivity index (χ3v) is 4.76. The highest BCUT2D eigenvalue weighted by molar-refractivity contribution is 5.88. The van der Waals surface area contributed by atoms with Crippen molar-refractivity contribution in [3.05, 3.63) is 59.7 Å². The Bertz CT molecular complexity index is 726. The fourth-order valence-electron chi connectivity index (χ4n) is 3.32. The number of carboxylic acids is 1. The first-order valence-electron chi connectivity index (χ1n) is 9.02. The molecular weight excluding hydrogens is 330 g/mol. The number of carboxylic acid groups (broad SMARTS) is 1. The van der Waals surface area contributed by atoms with Crippen molar-refractivity contribution in [1.82, 2.24) is 4.90 Å². The Morgan fingerprint density at radius 1 is 1.12 bits per heavy atom. The minimum absolute atomic E-state index is 0.110. The Labute approximate surface area is 154 Å². The van der Waals surface area contributed by atoms with E-state index in [2.05, 4.69) is 17.0 Å². The van der Waals surface area contributed by atoms with E-state index in [1.165, 1.54) is 26.0 Å². The molecule has 1 saturated heterocycles. The summed E-state index contributed by atoms with van der Waals surface area (Å²) in [5, 5.41) is 9.16. The number of aromatic carboxylic acids is 1. The fraction of sp³-hybridized carbons (Fsp3) is 0.381. The van der Waals surface area contributed by atoms with Crippen LogP contribution in [0.4, 0.5) is 0 Å². The average molecular weight is 355 g/mol. The maximum absolute atomic E-state index is 11.2. The summed E-state index contributed by atoms with van der Waals surface area (Å²) in [7, 11) is 1.52. The minimum atomic E-state index is -0.983. The SMILES string of the molecule is COc1cc(C(=O)O)ccc1OC(CCN1CCCC1)c1ccccc1. The van der Waals surface area contributed by atoms with E-state index in [0.29, 0.717) is 11.5 Å². The van der Waals surface area contributed by atoms with E-state index in [1.807, 2.05) is 18.2 Å². The van der Waals surface area contributed by atoms with Gasteiger partial charge >= 0.3 is 5.97 Å². The Morgan fingerprint density at radius 3 is 2.50 bits per heavy atom. The van der Waals surface area contributed by atoms with Gasteiger partial charge in [-0.1, -0.05) is 30.3 Å². The average Bonchev–Trinajstić information content (AvgIpc) is 3.19. The highest BCUT2D eigenvalue weighted by Crippen LogP contribution is 2.33. The quantitative estimate of drug-likeness (QED) is 0.776. The number of benzene rings is 2. The summed E-state index contributed by atoms with van der Waals surface area (Å²) in [6.45, 7) is 3.28. The molecule has 0 spiro atoms. The number of hydrogen-bond donors (Lipinski definition) is 1. The molecule has 1 atom stereocenters. The maximum atomic E-state index is 11.2. The number of likely N-dealkylation sites (tertiary alicyclic amines) is 1. The Kier molecular flexibility index (Phi) is 6.12. The highest BCUT2D eigenvalue weighted by atomic mass is 16.5. The number of hydrogen-bond acceptors (Lipinski definition) is 4. The first-order chi connectivity index (χ1) is 12.7. The smallest absolute Gasteiger partial charge is 0.335 e. The van der Waals surface area contributed by atoms with Crippen LogP contribution in [0.25, 0.3) is 0 Å². The lowest BCUT2D eigenvalue weighted by atomic mass is 10.1. The van der Waals surface area contributed by atoms with Crippen molar-refractivity contribution in [2.24, 2.45) is 0 Å². The summed E-state index contributed by atoms with van der Waals surface area (Å²) in [6, 6.07) is 14.8. The maximum Gasteiger partial charge on any atom is 0.335 e. The largest absolute Gasteiger partial charge is 0.493 e. The molecule has 5 nitrogen and oxygen atoms in total. The molecule has 1 N–H and O–H groups in total. The number of rotatable bonds is 8. The molecule has 0 saturated carbocycles. The van der Waals surface area contributed by atoms with Crippen molar-refractivity contribution in [3.63, 3.8) is 0 Å². The lowest BCUT2D eigenvalue weighted by Crippen LogP contribution is -2.23. The van der Waals surface area contributed by atoms with Gasteiger partial charge in [-0.15, -0.1) is 0 Å². The first kappa shape index (κ1) is 18.3. The van der Waals surface area contributed by atoms with Crippen molar-refractivity contribution >= 4 is 5.97 Å². The zero-order chi connectivity index (χ0) is 18.4. The summed E-state index contributed by atoms with van der Waals surface area (Å²) in [5.74, 6) is 0.0169. The molecule has 3 rings (SSSR count). The van der Waals surface area contributed by atoms with Crippen LogP contribution < -0.4 is 9.47 Å². The van der Waals surface area contributed by atoms with Crippen LogP contribution in [-0.2, 0) is 0 Å². The van der Waals surface area contributed by atoms with Crippen LogP contribution in [0.15, 0.2) is 48.5 Å². The highest BCUT2D eigenvalue weighted by Gasteiger charge is 2.20. The molecule has 2 aromatic rings. The molecular formula is C21H25NO4. The molecule has 0 aliphatic carbocycles. The van der Waals surface area contributed by atoms with Gasteiger partial charge in [0.15, 0.2) is 11.5 Å². The molecule has 138 valence electrons. The second-order valence-electron chi connectivity index (χ2n) is 6.53. The second kappa shape index (κ2) is 8.72. The number of nitrogens with zero attached hydrogens (tertiary/aromatic N) is 1. The van der Waals surface area contributed by atoms with Gasteiger partial charge in [0.05, 0.1) is 12.7 Å². The van der Waals surface area contributed by atoms with Gasteiger partial charge in [0, 0.05) is 13.0 Å². The zero-order valence-electron chi connectivity index (χ0n) is 15.1. The zero-order valence-corrected chi connectivity index (χ0v) is 15.1. The van der Waals surface area contributed by atoms with Crippen LogP contribution in [-0.4, -0.2) is 42.7 Å². The molecule has 1 aliphatic heterocycles. The van der Waals surface area contributed by atoms with Gasteiger partial charge in [-0.2, -0.15) is 0 Å². The van der Waals surface area contributed by atoms with Crippen molar-refractivity contribution < 1.29 is 19.4 Å². The van der Waals surface area contributed by atoms with Gasteiger partial charge in [-0.25, -0.2) is 4.79 Å². The normalized spacial score (nSPS) is 15.6. The predicted octanol–water partition coefficient (Wildman–Crippen LogP) is 4.00. The Hall–Kier alpha value is -2.53. The Morgan fingerprint density at radius 2 is 1.85 bits per heavy atom. The van der Waals surface area contributed by atoms with E-state index in [1.54, 1.807) is 12.1 Å². The molecule has 1 unspecified atom stereocenters. The summed E-state index contributed by atoms with van der Waals surface area (Å²) < 4.78 is 11.6. The number of methoxy groups -OCH3 is 1. The van der Waals surface area contributed by atoms with Crippen LogP contribution in [0.5, 0.6) is 11.5 Å². The van der Waals surface area contributed by atoms with Crippen LogP contribution in [0.1, 0.15) is 41.3 Å². The molecule has 1 heterocycles. The van der Waals surface area contributed by atoms with Gasteiger partial charge < -0.3 is 19.5 Å². The van der Waals surface area contributed by atoms with E-state index >= 15 is 0 Å². The molecule has 2 aromatic carbocycles. The van der Waals surface area contributed by atoms with E-state index in [4.69, 9.17) is 14.6 Å². The lowest BCUT2D eigenvalue weighted by Gasteiger charge is -2.24. The third-order valence-electron chi connectivity index (χ3n) is 4.76. The summed E-state index contributed by atoms with van der Waals surface area (Å²) in [5.41, 5.74) is 1.29. The number of carbonyl (C=O) groups is 1. The van der Waals surface area contributed by atoms with Crippen molar-refractivity contribution in [3.8, 4) is 11.5 Å². The minimum Gasteiger partial charge on any atom is -0.493 e. The standard InChI is InChI=1S/C21H25NO4/c1-25-20-15-17(21(23)24)9-10-19(20)26-18(16-7-3-2-4-8-16)11-14-22-12-5-6-13-22/h2-4,7-10,15,18H,5-6,11-14H2,1H3,(H,23,24). The van der Waals surface area contributed by atoms with Gasteiger partial charge in [-0.05, 0) is 49.7 Å². The summed E-state index contributed by atoms with van der Waals surface area (Å²) in [6.07, 6.45) is 3.29. The van der Waals surface area contributed by atoms with E-state index in [9.17, 15) is 4.79 Å². The molecule has 0 amide bonds. The second-order valence-corrected chi connectivity index (χ2v) is 6.53. The fourth-order valence-corrected chi connectivity index (χ4v) is 3.32. The van der Waals surface area contributed by atoms with Crippen molar-refractivity contribution in [2.75, 3.05) is 26.7 Å². The molecule has 1 aliphatic rings. The molecule has 0 radical (unpaired) electrons. The first-order valence-corrected chi connectivity index (χ1v) is 9.02. The van der Waals surface area contributed by atoms with Crippen molar-refractivity contribution in [2.45, 2.75) is 25.4 Å². The lowest BCUT2D eigenvalue weighted by molar-refractivity contribution is 0.0696. The van der Waals surface area contributed by atoms with E-state index < -0.39 is 5.97 Å². The summed E-state index contributed by atoms with van der Waals surface area (Å²) in [4.78, 5) is 13.6. The van der Waals surface area contributed by atoms with Crippen LogP contribution in [0.2, 0.25) is 0 Å². The monoisotopic (exact) mass is 355 g/mol. The van der Waals surface area contributed by atoms with Crippen molar-refractivity contribution in [1.29, 1.82) is 0 Å².